The molecule has 1 heterocycles. The first-order chi connectivity index (χ1) is 6.15. The van der Waals surface area contributed by atoms with E-state index in [9.17, 15) is 10.2 Å². The second kappa shape index (κ2) is 4.74. The SMILES string of the molecule is CCCC(O)C(O)c1ccc(C)s1. The van der Waals surface area contributed by atoms with Gasteiger partial charge in [0.25, 0.3) is 0 Å². The Labute approximate surface area is 82.8 Å². The fraction of sp³-hybridized carbons (Fsp3) is 0.600. The summed E-state index contributed by atoms with van der Waals surface area (Å²) in [6.07, 6.45) is 0.211. The van der Waals surface area contributed by atoms with Gasteiger partial charge in [0.1, 0.15) is 6.10 Å². The van der Waals surface area contributed by atoms with Crippen molar-refractivity contribution in [3.05, 3.63) is 21.9 Å². The lowest BCUT2D eigenvalue weighted by Crippen LogP contribution is -2.16. The highest BCUT2D eigenvalue weighted by Gasteiger charge is 2.18. The Kier molecular flexibility index (Phi) is 3.90. The third kappa shape index (κ3) is 2.79. The number of thiophene rings is 1. The highest BCUT2D eigenvalue weighted by atomic mass is 32.1. The second-order valence-electron chi connectivity index (χ2n) is 3.25. The molecule has 1 rings (SSSR count). The van der Waals surface area contributed by atoms with Crippen LogP contribution in [0.2, 0.25) is 0 Å². The zero-order valence-corrected chi connectivity index (χ0v) is 8.84. The lowest BCUT2D eigenvalue weighted by Gasteiger charge is -2.15. The molecule has 2 N–H and O–H groups in total. The molecule has 0 bridgehead atoms. The molecule has 0 aliphatic carbocycles. The van der Waals surface area contributed by atoms with Gasteiger partial charge in [-0.15, -0.1) is 11.3 Å². The molecule has 0 radical (unpaired) electrons. The van der Waals surface area contributed by atoms with Crippen LogP contribution in [0.15, 0.2) is 12.1 Å². The van der Waals surface area contributed by atoms with E-state index in [4.69, 9.17) is 0 Å². The molecular weight excluding hydrogens is 184 g/mol. The van der Waals surface area contributed by atoms with Gasteiger partial charge in [-0.25, -0.2) is 0 Å². The van der Waals surface area contributed by atoms with E-state index in [2.05, 4.69) is 0 Å². The summed E-state index contributed by atoms with van der Waals surface area (Å²) in [6, 6.07) is 3.84. The van der Waals surface area contributed by atoms with Crippen molar-refractivity contribution < 1.29 is 10.2 Å². The minimum Gasteiger partial charge on any atom is -0.390 e. The van der Waals surface area contributed by atoms with E-state index >= 15 is 0 Å². The van der Waals surface area contributed by atoms with E-state index in [1.807, 2.05) is 26.0 Å². The van der Waals surface area contributed by atoms with E-state index in [-0.39, 0.29) is 0 Å². The van der Waals surface area contributed by atoms with Gasteiger partial charge in [-0.05, 0) is 25.5 Å². The number of rotatable bonds is 4. The number of aliphatic hydroxyl groups excluding tert-OH is 2. The lowest BCUT2D eigenvalue weighted by atomic mass is 10.1. The van der Waals surface area contributed by atoms with Crippen LogP contribution in [0, 0.1) is 6.92 Å². The zero-order valence-electron chi connectivity index (χ0n) is 8.03. The van der Waals surface area contributed by atoms with Gasteiger partial charge in [-0.1, -0.05) is 13.3 Å². The third-order valence-electron chi connectivity index (χ3n) is 2.00. The second-order valence-corrected chi connectivity index (χ2v) is 4.57. The maximum Gasteiger partial charge on any atom is 0.114 e. The van der Waals surface area contributed by atoms with Crippen molar-refractivity contribution in [2.45, 2.75) is 38.9 Å². The Morgan fingerprint density at radius 2 is 2.08 bits per heavy atom. The van der Waals surface area contributed by atoms with Crippen molar-refractivity contribution in [3.8, 4) is 0 Å². The van der Waals surface area contributed by atoms with Crippen molar-refractivity contribution in [1.29, 1.82) is 0 Å². The summed E-state index contributed by atoms with van der Waals surface area (Å²) < 4.78 is 0. The average molecular weight is 200 g/mol. The Morgan fingerprint density at radius 1 is 1.38 bits per heavy atom. The van der Waals surface area contributed by atoms with Gasteiger partial charge in [-0.2, -0.15) is 0 Å². The largest absolute Gasteiger partial charge is 0.390 e. The van der Waals surface area contributed by atoms with Crippen molar-refractivity contribution in [2.75, 3.05) is 0 Å². The first-order valence-electron chi connectivity index (χ1n) is 4.57. The molecule has 0 fully saturated rings. The first kappa shape index (κ1) is 10.7. The predicted octanol–water partition coefficient (Wildman–Crippen LogP) is 2.25. The maximum atomic E-state index is 9.69. The standard InChI is InChI=1S/C10H16O2S/c1-3-4-8(11)10(12)9-6-5-7(2)13-9/h5-6,8,10-12H,3-4H2,1-2H3. The lowest BCUT2D eigenvalue weighted by molar-refractivity contribution is 0.0152. The topological polar surface area (TPSA) is 40.5 Å². The summed E-state index contributed by atoms with van der Waals surface area (Å²) in [4.78, 5) is 2.02. The smallest absolute Gasteiger partial charge is 0.114 e. The molecule has 0 amide bonds. The van der Waals surface area contributed by atoms with Crippen LogP contribution in [-0.4, -0.2) is 16.3 Å². The third-order valence-corrected chi connectivity index (χ3v) is 3.07. The molecule has 2 unspecified atom stereocenters. The molecule has 0 spiro atoms. The summed E-state index contributed by atoms with van der Waals surface area (Å²) >= 11 is 1.54. The molecular formula is C10H16O2S. The van der Waals surface area contributed by atoms with Crippen molar-refractivity contribution in [3.63, 3.8) is 0 Å². The van der Waals surface area contributed by atoms with Crippen molar-refractivity contribution >= 4 is 11.3 Å². The molecule has 0 saturated carbocycles. The summed E-state index contributed by atoms with van der Waals surface area (Å²) in [5, 5.41) is 19.2. The zero-order chi connectivity index (χ0) is 9.84. The summed E-state index contributed by atoms with van der Waals surface area (Å²) in [5.41, 5.74) is 0. The Balaban J connectivity index is 2.61. The molecule has 74 valence electrons. The minimum absolute atomic E-state index is 0.622. The molecule has 0 aliphatic rings. The first-order valence-corrected chi connectivity index (χ1v) is 5.39. The normalized spacial score (nSPS) is 15.7. The van der Waals surface area contributed by atoms with Crippen molar-refractivity contribution in [2.24, 2.45) is 0 Å². The molecule has 13 heavy (non-hydrogen) atoms. The summed E-state index contributed by atoms with van der Waals surface area (Å²) in [6.45, 7) is 3.99. The van der Waals surface area contributed by atoms with Crippen LogP contribution >= 0.6 is 11.3 Å². The fourth-order valence-corrected chi connectivity index (χ4v) is 2.18. The van der Waals surface area contributed by atoms with Gasteiger partial charge in [0.05, 0.1) is 6.10 Å². The van der Waals surface area contributed by atoms with E-state index < -0.39 is 12.2 Å². The quantitative estimate of drug-likeness (QED) is 0.782. The Bertz CT molecular complexity index is 257. The molecule has 3 heteroatoms. The van der Waals surface area contributed by atoms with E-state index in [0.717, 1.165) is 16.2 Å². The summed E-state index contributed by atoms with van der Waals surface area (Å²) in [7, 11) is 0. The van der Waals surface area contributed by atoms with E-state index in [0.29, 0.717) is 6.42 Å². The van der Waals surface area contributed by atoms with Gasteiger partial charge >= 0.3 is 0 Å². The number of aliphatic hydroxyl groups is 2. The van der Waals surface area contributed by atoms with Gasteiger partial charge in [0.2, 0.25) is 0 Å². The minimum atomic E-state index is -0.710. The van der Waals surface area contributed by atoms with Gasteiger partial charge in [0.15, 0.2) is 0 Å². The van der Waals surface area contributed by atoms with Crippen LogP contribution in [0.25, 0.3) is 0 Å². The van der Waals surface area contributed by atoms with Crippen LogP contribution in [0.4, 0.5) is 0 Å². The number of aryl methyl sites for hydroxylation is 1. The molecule has 0 aromatic carbocycles. The Morgan fingerprint density at radius 3 is 2.54 bits per heavy atom. The van der Waals surface area contributed by atoms with Crippen molar-refractivity contribution in [1.82, 2.24) is 0 Å². The van der Waals surface area contributed by atoms with Crippen LogP contribution in [0.1, 0.15) is 35.6 Å². The maximum absolute atomic E-state index is 9.69. The molecule has 2 nitrogen and oxygen atoms in total. The molecule has 1 aromatic heterocycles. The summed E-state index contributed by atoms with van der Waals surface area (Å²) in [5.74, 6) is 0. The monoisotopic (exact) mass is 200 g/mol. The fourth-order valence-electron chi connectivity index (χ4n) is 1.26. The van der Waals surface area contributed by atoms with E-state index in [1.165, 1.54) is 0 Å². The van der Waals surface area contributed by atoms with Crippen LogP contribution in [0.3, 0.4) is 0 Å². The average Bonchev–Trinajstić information content (AvgIpc) is 2.51. The molecule has 1 aromatic rings. The van der Waals surface area contributed by atoms with Crippen LogP contribution < -0.4 is 0 Å². The number of hydrogen-bond acceptors (Lipinski definition) is 3. The van der Waals surface area contributed by atoms with Crippen LogP contribution in [0.5, 0.6) is 0 Å². The predicted molar refractivity (Wildman–Crippen MR) is 54.9 cm³/mol. The molecule has 2 atom stereocenters. The van der Waals surface area contributed by atoms with E-state index in [1.54, 1.807) is 11.3 Å². The van der Waals surface area contributed by atoms with Gasteiger partial charge < -0.3 is 10.2 Å². The van der Waals surface area contributed by atoms with Gasteiger partial charge in [-0.3, -0.25) is 0 Å². The van der Waals surface area contributed by atoms with Gasteiger partial charge in [0, 0.05) is 9.75 Å². The molecule has 0 saturated heterocycles. The highest BCUT2D eigenvalue weighted by Crippen LogP contribution is 2.26. The Hall–Kier alpha value is -0.380. The highest BCUT2D eigenvalue weighted by molar-refractivity contribution is 7.12. The molecule has 0 aliphatic heterocycles. The van der Waals surface area contributed by atoms with Crippen LogP contribution in [-0.2, 0) is 0 Å². The number of hydrogen-bond donors (Lipinski definition) is 2.